The molecule has 0 amide bonds. The van der Waals surface area contributed by atoms with E-state index < -0.39 is 0 Å². The van der Waals surface area contributed by atoms with E-state index in [-0.39, 0.29) is 6.10 Å². The summed E-state index contributed by atoms with van der Waals surface area (Å²) in [7, 11) is 0. The predicted molar refractivity (Wildman–Crippen MR) is 91.6 cm³/mol. The largest absolute Gasteiger partial charge is 0.481 e. The second kappa shape index (κ2) is 7.61. The lowest BCUT2D eigenvalue weighted by molar-refractivity contribution is 0.281. The van der Waals surface area contributed by atoms with E-state index >= 15 is 0 Å². The fourth-order valence-corrected chi connectivity index (χ4v) is 2.52. The zero-order valence-corrected chi connectivity index (χ0v) is 14.0. The van der Waals surface area contributed by atoms with Gasteiger partial charge in [-0.05, 0) is 44.9 Å². The Bertz CT molecular complexity index is 527. The second-order valence-corrected chi connectivity index (χ2v) is 6.14. The number of nitrogens with zero attached hydrogens (tertiary/aromatic N) is 1. The number of rotatable bonds is 7. The molecule has 2 atom stereocenters. The maximum Gasteiger partial charge on any atom is 0.153 e. The van der Waals surface area contributed by atoms with Gasteiger partial charge in [0.15, 0.2) is 6.10 Å². The average Bonchev–Trinajstić information content (AvgIpc) is 2.46. The lowest BCUT2D eigenvalue weighted by atomic mass is 10.1. The minimum absolute atomic E-state index is 0.152. The first-order valence-corrected chi connectivity index (χ1v) is 8.12. The second-order valence-electron chi connectivity index (χ2n) is 6.14. The van der Waals surface area contributed by atoms with Gasteiger partial charge in [0.2, 0.25) is 0 Å². The van der Waals surface area contributed by atoms with Crippen LogP contribution in [0.15, 0.2) is 23.2 Å². The van der Waals surface area contributed by atoms with Crippen LogP contribution in [0.3, 0.4) is 0 Å². The van der Waals surface area contributed by atoms with E-state index in [4.69, 9.17) is 10.5 Å². The van der Waals surface area contributed by atoms with Crippen molar-refractivity contribution in [1.29, 1.82) is 0 Å². The third kappa shape index (κ3) is 4.45. The van der Waals surface area contributed by atoms with Crippen LogP contribution in [0.1, 0.15) is 46.1 Å². The number of aliphatic imine (C=N–C) groups is 1. The molecule has 5 heteroatoms. The summed E-state index contributed by atoms with van der Waals surface area (Å²) < 4.78 is 5.73. The van der Waals surface area contributed by atoms with Crippen LogP contribution in [-0.2, 0) is 6.54 Å². The SMILES string of the molecule is CCCC(NCc1ccc2c(c1)N=C(N)C(C)O2)NC(C)C. The number of hydrogen-bond acceptors (Lipinski definition) is 5. The van der Waals surface area contributed by atoms with E-state index in [0.29, 0.717) is 18.0 Å². The Morgan fingerprint density at radius 2 is 2.14 bits per heavy atom. The Hall–Kier alpha value is -1.59. The molecule has 1 heterocycles. The van der Waals surface area contributed by atoms with Crippen LogP contribution in [0, 0.1) is 0 Å². The molecule has 0 fully saturated rings. The number of hydrogen-bond donors (Lipinski definition) is 3. The Labute approximate surface area is 133 Å². The molecule has 0 spiro atoms. The lowest BCUT2D eigenvalue weighted by Crippen LogP contribution is -2.45. The summed E-state index contributed by atoms with van der Waals surface area (Å²) in [5.74, 6) is 1.33. The van der Waals surface area contributed by atoms with Gasteiger partial charge in [0.05, 0.1) is 6.17 Å². The molecular weight excluding hydrogens is 276 g/mol. The Morgan fingerprint density at radius 3 is 2.82 bits per heavy atom. The molecule has 0 saturated heterocycles. The first-order valence-electron chi connectivity index (χ1n) is 8.12. The van der Waals surface area contributed by atoms with Crippen LogP contribution in [0.25, 0.3) is 0 Å². The van der Waals surface area contributed by atoms with E-state index in [0.717, 1.165) is 30.8 Å². The zero-order valence-electron chi connectivity index (χ0n) is 14.0. The molecule has 1 aliphatic heterocycles. The van der Waals surface area contributed by atoms with Crippen molar-refractivity contribution in [2.45, 2.75) is 65.4 Å². The highest BCUT2D eigenvalue weighted by Crippen LogP contribution is 2.32. The van der Waals surface area contributed by atoms with E-state index in [1.807, 2.05) is 19.1 Å². The Balaban J connectivity index is 2.01. The number of fused-ring (bicyclic) bond motifs is 1. The minimum atomic E-state index is -0.152. The average molecular weight is 304 g/mol. The number of amidine groups is 1. The lowest BCUT2D eigenvalue weighted by Gasteiger charge is -2.23. The van der Waals surface area contributed by atoms with Crippen LogP contribution in [0.5, 0.6) is 5.75 Å². The standard InChI is InChI=1S/C17H28N4O/c1-5-6-16(20-11(2)3)19-10-13-7-8-15-14(9-13)21-17(18)12(4)22-15/h7-9,11-12,16,19-20H,5-6,10H2,1-4H3,(H2,18,21). The van der Waals surface area contributed by atoms with E-state index in [1.54, 1.807) is 0 Å². The molecule has 5 nitrogen and oxygen atoms in total. The quantitative estimate of drug-likeness (QED) is 0.677. The van der Waals surface area contributed by atoms with Gasteiger partial charge in [0.25, 0.3) is 0 Å². The molecule has 1 aliphatic rings. The number of nitrogens with two attached hydrogens (primary N) is 1. The zero-order chi connectivity index (χ0) is 16.1. The van der Waals surface area contributed by atoms with Crippen molar-refractivity contribution in [2.75, 3.05) is 0 Å². The van der Waals surface area contributed by atoms with Gasteiger partial charge >= 0.3 is 0 Å². The van der Waals surface area contributed by atoms with Gasteiger partial charge in [-0.15, -0.1) is 0 Å². The summed E-state index contributed by atoms with van der Waals surface area (Å²) in [4.78, 5) is 4.43. The van der Waals surface area contributed by atoms with Crippen LogP contribution >= 0.6 is 0 Å². The summed E-state index contributed by atoms with van der Waals surface area (Å²) in [6, 6.07) is 6.56. The van der Waals surface area contributed by atoms with Crippen molar-refractivity contribution in [3.8, 4) is 5.75 Å². The Morgan fingerprint density at radius 1 is 1.36 bits per heavy atom. The van der Waals surface area contributed by atoms with Gasteiger partial charge in [-0.3, -0.25) is 10.6 Å². The molecule has 0 saturated carbocycles. The fourth-order valence-electron chi connectivity index (χ4n) is 2.52. The molecule has 2 unspecified atom stereocenters. The maximum atomic E-state index is 5.86. The normalized spacial score (nSPS) is 18.6. The summed E-state index contributed by atoms with van der Waals surface area (Å²) in [5, 5.41) is 7.11. The van der Waals surface area contributed by atoms with E-state index in [2.05, 4.69) is 42.5 Å². The Kier molecular flexibility index (Phi) is 5.80. The van der Waals surface area contributed by atoms with Gasteiger partial charge in [-0.2, -0.15) is 0 Å². The summed E-state index contributed by atoms with van der Waals surface area (Å²) in [6.07, 6.45) is 2.43. The van der Waals surface area contributed by atoms with Gasteiger partial charge < -0.3 is 10.5 Å². The molecule has 122 valence electrons. The molecule has 1 aromatic carbocycles. The molecule has 0 aromatic heterocycles. The van der Waals surface area contributed by atoms with Crippen LogP contribution in [0.4, 0.5) is 5.69 Å². The third-order valence-corrected chi connectivity index (χ3v) is 3.66. The topological polar surface area (TPSA) is 71.7 Å². The molecule has 0 aliphatic carbocycles. The first-order chi connectivity index (χ1) is 10.5. The fraction of sp³-hybridized carbons (Fsp3) is 0.588. The highest BCUT2D eigenvalue weighted by atomic mass is 16.5. The van der Waals surface area contributed by atoms with Gasteiger partial charge in [0, 0.05) is 12.6 Å². The summed E-state index contributed by atoms with van der Waals surface area (Å²) in [6.45, 7) is 9.23. The first kappa shape index (κ1) is 16.8. The molecule has 4 N–H and O–H groups in total. The van der Waals surface area contributed by atoms with Crippen molar-refractivity contribution in [2.24, 2.45) is 10.7 Å². The predicted octanol–water partition coefficient (Wildman–Crippen LogP) is 2.67. The monoisotopic (exact) mass is 304 g/mol. The van der Waals surface area contributed by atoms with Gasteiger partial charge in [0.1, 0.15) is 17.3 Å². The third-order valence-electron chi connectivity index (χ3n) is 3.66. The van der Waals surface area contributed by atoms with Crippen LogP contribution in [-0.4, -0.2) is 24.1 Å². The number of benzene rings is 1. The molecular formula is C17H28N4O. The summed E-state index contributed by atoms with van der Waals surface area (Å²) in [5.41, 5.74) is 7.86. The summed E-state index contributed by atoms with van der Waals surface area (Å²) >= 11 is 0. The van der Waals surface area contributed by atoms with Crippen molar-refractivity contribution in [3.63, 3.8) is 0 Å². The highest BCUT2D eigenvalue weighted by molar-refractivity contribution is 5.89. The van der Waals surface area contributed by atoms with E-state index in [1.165, 1.54) is 5.56 Å². The minimum Gasteiger partial charge on any atom is -0.481 e. The van der Waals surface area contributed by atoms with Crippen molar-refractivity contribution < 1.29 is 4.74 Å². The smallest absolute Gasteiger partial charge is 0.153 e. The van der Waals surface area contributed by atoms with Gasteiger partial charge in [-0.1, -0.05) is 19.4 Å². The number of ether oxygens (including phenoxy) is 1. The van der Waals surface area contributed by atoms with Crippen LogP contribution in [0.2, 0.25) is 0 Å². The molecule has 0 bridgehead atoms. The molecule has 2 rings (SSSR count). The molecule has 0 radical (unpaired) electrons. The van der Waals surface area contributed by atoms with Crippen molar-refractivity contribution in [1.82, 2.24) is 10.6 Å². The molecule has 22 heavy (non-hydrogen) atoms. The van der Waals surface area contributed by atoms with Crippen molar-refractivity contribution in [3.05, 3.63) is 23.8 Å². The highest BCUT2D eigenvalue weighted by Gasteiger charge is 2.18. The maximum absolute atomic E-state index is 5.86. The molecule has 1 aromatic rings. The van der Waals surface area contributed by atoms with E-state index in [9.17, 15) is 0 Å². The van der Waals surface area contributed by atoms with Gasteiger partial charge in [-0.25, -0.2) is 4.99 Å². The van der Waals surface area contributed by atoms with Crippen molar-refractivity contribution >= 4 is 11.5 Å². The number of nitrogens with one attached hydrogen (secondary N) is 2. The van der Waals surface area contributed by atoms with Crippen LogP contribution < -0.4 is 21.1 Å².